The van der Waals surface area contributed by atoms with E-state index in [-0.39, 0.29) is 12.6 Å². The van der Waals surface area contributed by atoms with E-state index in [2.05, 4.69) is 22.4 Å². The fraction of sp³-hybridized carbons (Fsp3) is 0.278. The van der Waals surface area contributed by atoms with E-state index in [9.17, 15) is 0 Å². The van der Waals surface area contributed by atoms with E-state index in [1.54, 1.807) is 17.6 Å². The minimum Gasteiger partial charge on any atom is -0.444 e. The van der Waals surface area contributed by atoms with Crippen molar-refractivity contribution in [3.05, 3.63) is 65.4 Å². The number of rotatable bonds is 8. The monoisotopic (exact) mass is 328 g/mol. The van der Waals surface area contributed by atoms with Crippen LogP contribution in [0.1, 0.15) is 30.1 Å². The van der Waals surface area contributed by atoms with Crippen LogP contribution in [0.2, 0.25) is 0 Å². The van der Waals surface area contributed by atoms with Crippen LogP contribution in [0.15, 0.2) is 58.5 Å². The lowest BCUT2D eigenvalue weighted by atomic mass is 10.0. The predicted octanol–water partition coefficient (Wildman–Crippen LogP) is 4.01. The molecule has 5 heteroatoms. The quantitative estimate of drug-likeness (QED) is 0.656. The van der Waals surface area contributed by atoms with E-state index in [1.165, 1.54) is 5.56 Å². The van der Waals surface area contributed by atoms with Gasteiger partial charge >= 0.3 is 0 Å². The smallest absolute Gasteiger partial charge is 0.236 e. The number of oxazole rings is 1. The maximum absolute atomic E-state index is 9.10. The van der Waals surface area contributed by atoms with Gasteiger partial charge < -0.3 is 14.8 Å². The molecule has 0 amide bonds. The lowest BCUT2D eigenvalue weighted by Gasteiger charge is -2.18. The second kappa shape index (κ2) is 8.06. The molecule has 0 radical (unpaired) electrons. The van der Waals surface area contributed by atoms with Gasteiger partial charge in [0.1, 0.15) is 6.26 Å². The number of thiophene rings is 1. The highest BCUT2D eigenvalue weighted by Gasteiger charge is 2.12. The van der Waals surface area contributed by atoms with Gasteiger partial charge in [-0.05, 0) is 29.9 Å². The van der Waals surface area contributed by atoms with Crippen LogP contribution in [-0.4, -0.2) is 16.7 Å². The molecule has 3 rings (SSSR count). The molecule has 0 saturated heterocycles. The zero-order chi connectivity index (χ0) is 15.9. The SMILES string of the molecule is OCCCC(NCc1coc(-c2cccs2)n1)c1ccccc1. The minimum atomic E-state index is 0.199. The Kier molecular flexibility index (Phi) is 5.58. The maximum atomic E-state index is 9.10. The summed E-state index contributed by atoms with van der Waals surface area (Å²) in [6.07, 6.45) is 3.36. The molecule has 4 nitrogen and oxygen atoms in total. The van der Waals surface area contributed by atoms with E-state index in [4.69, 9.17) is 9.52 Å². The Morgan fingerprint density at radius 1 is 1.17 bits per heavy atom. The molecule has 3 aromatic rings. The van der Waals surface area contributed by atoms with Gasteiger partial charge in [-0.15, -0.1) is 11.3 Å². The van der Waals surface area contributed by atoms with Gasteiger partial charge in [-0.25, -0.2) is 4.98 Å². The zero-order valence-corrected chi connectivity index (χ0v) is 13.6. The number of nitrogens with one attached hydrogen (secondary N) is 1. The minimum absolute atomic E-state index is 0.199. The molecule has 0 aliphatic carbocycles. The number of benzene rings is 1. The number of aromatic nitrogens is 1. The molecule has 2 N–H and O–H groups in total. The molecule has 2 heterocycles. The van der Waals surface area contributed by atoms with Crippen LogP contribution in [0.5, 0.6) is 0 Å². The van der Waals surface area contributed by atoms with Crippen LogP contribution in [0.25, 0.3) is 10.8 Å². The number of hydrogen-bond donors (Lipinski definition) is 2. The summed E-state index contributed by atoms with van der Waals surface area (Å²) in [5.41, 5.74) is 2.11. The highest BCUT2D eigenvalue weighted by atomic mass is 32.1. The van der Waals surface area contributed by atoms with Crippen molar-refractivity contribution in [1.82, 2.24) is 10.3 Å². The first-order valence-corrected chi connectivity index (χ1v) is 8.62. The Morgan fingerprint density at radius 3 is 2.78 bits per heavy atom. The molecule has 120 valence electrons. The van der Waals surface area contributed by atoms with Crippen molar-refractivity contribution in [2.45, 2.75) is 25.4 Å². The van der Waals surface area contributed by atoms with Gasteiger partial charge in [0.2, 0.25) is 5.89 Å². The van der Waals surface area contributed by atoms with E-state index in [0.29, 0.717) is 12.4 Å². The Balaban J connectivity index is 1.64. The first-order chi connectivity index (χ1) is 11.4. The third-order valence-electron chi connectivity index (χ3n) is 3.67. The van der Waals surface area contributed by atoms with Crippen molar-refractivity contribution >= 4 is 11.3 Å². The van der Waals surface area contributed by atoms with E-state index >= 15 is 0 Å². The predicted molar refractivity (Wildman–Crippen MR) is 92.2 cm³/mol. The van der Waals surface area contributed by atoms with E-state index < -0.39 is 0 Å². The van der Waals surface area contributed by atoms with Crippen LogP contribution in [0.3, 0.4) is 0 Å². The summed E-state index contributed by atoms with van der Waals surface area (Å²) in [6.45, 7) is 0.845. The second-order valence-electron chi connectivity index (χ2n) is 5.33. The van der Waals surface area contributed by atoms with Crippen LogP contribution >= 0.6 is 11.3 Å². The van der Waals surface area contributed by atoms with Crippen molar-refractivity contribution in [1.29, 1.82) is 0 Å². The van der Waals surface area contributed by atoms with Crippen molar-refractivity contribution in [2.24, 2.45) is 0 Å². The standard InChI is InChI=1S/C18H20N2O2S/c21-10-4-8-16(14-6-2-1-3-7-14)19-12-15-13-22-18(20-15)17-9-5-11-23-17/h1-3,5-7,9,11,13,16,19,21H,4,8,10,12H2. The van der Waals surface area contributed by atoms with Crippen molar-refractivity contribution in [3.8, 4) is 10.8 Å². The normalized spacial score (nSPS) is 12.4. The van der Waals surface area contributed by atoms with Gasteiger partial charge in [-0.1, -0.05) is 36.4 Å². The lowest BCUT2D eigenvalue weighted by molar-refractivity contribution is 0.274. The molecular formula is C18H20N2O2S. The summed E-state index contributed by atoms with van der Waals surface area (Å²) in [6, 6.07) is 14.5. The highest BCUT2D eigenvalue weighted by Crippen LogP contribution is 2.24. The zero-order valence-electron chi connectivity index (χ0n) is 12.8. The van der Waals surface area contributed by atoms with Gasteiger partial charge in [0.05, 0.1) is 10.6 Å². The Bertz CT molecular complexity index is 695. The molecule has 1 aromatic carbocycles. The van der Waals surface area contributed by atoms with Crippen molar-refractivity contribution in [2.75, 3.05) is 6.61 Å². The molecule has 0 spiro atoms. The Labute approximate surface area is 139 Å². The fourth-order valence-electron chi connectivity index (χ4n) is 2.50. The average Bonchev–Trinajstić information content (AvgIpc) is 3.27. The van der Waals surface area contributed by atoms with Gasteiger partial charge in [-0.2, -0.15) is 0 Å². The van der Waals surface area contributed by atoms with Crippen LogP contribution in [-0.2, 0) is 6.54 Å². The number of hydrogen-bond acceptors (Lipinski definition) is 5. The summed E-state index contributed by atoms with van der Waals surface area (Å²) >= 11 is 1.62. The summed E-state index contributed by atoms with van der Waals surface area (Å²) in [7, 11) is 0. The first kappa shape index (κ1) is 15.9. The van der Waals surface area contributed by atoms with Gasteiger partial charge in [0, 0.05) is 19.2 Å². The summed E-state index contributed by atoms with van der Waals surface area (Å²) in [5.74, 6) is 0.670. The third kappa shape index (κ3) is 4.28. The summed E-state index contributed by atoms with van der Waals surface area (Å²) < 4.78 is 5.55. The Morgan fingerprint density at radius 2 is 2.04 bits per heavy atom. The summed E-state index contributed by atoms with van der Waals surface area (Å²) in [5, 5.41) is 14.6. The topological polar surface area (TPSA) is 58.3 Å². The fourth-order valence-corrected chi connectivity index (χ4v) is 3.15. The van der Waals surface area contributed by atoms with Gasteiger partial charge in [0.25, 0.3) is 0 Å². The molecule has 0 aliphatic rings. The number of aliphatic hydroxyl groups is 1. The summed E-state index contributed by atoms with van der Waals surface area (Å²) in [4.78, 5) is 5.57. The van der Waals surface area contributed by atoms with Crippen LogP contribution in [0.4, 0.5) is 0 Å². The molecular weight excluding hydrogens is 308 g/mol. The number of aliphatic hydroxyl groups excluding tert-OH is 1. The van der Waals surface area contributed by atoms with E-state index in [0.717, 1.165) is 23.4 Å². The largest absolute Gasteiger partial charge is 0.444 e. The lowest BCUT2D eigenvalue weighted by Crippen LogP contribution is -2.21. The van der Waals surface area contributed by atoms with Crippen molar-refractivity contribution < 1.29 is 9.52 Å². The average molecular weight is 328 g/mol. The molecule has 0 aliphatic heterocycles. The molecule has 2 aromatic heterocycles. The van der Waals surface area contributed by atoms with Crippen molar-refractivity contribution in [3.63, 3.8) is 0 Å². The van der Waals surface area contributed by atoms with Crippen LogP contribution < -0.4 is 5.32 Å². The molecule has 0 fully saturated rings. The number of nitrogens with zero attached hydrogens (tertiary/aromatic N) is 1. The Hall–Kier alpha value is -1.95. The van der Waals surface area contributed by atoms with E-state index in [1.807, 2.05) is 35.7 Å². The van der Waals surface area contributed by atoms with Gasteiger partial charge in [-0.3, -0.25) is 0 Å². The molecule has 0 bridgehead atoms. The van der Waals surface area contributed by atoms with Gasteiger partial charge in [0.15, 0.2) is 0 Å². The second-order valence-corrected chi connectivity index (χ2v) is 6.28. The molecule has 1 atom stereocenters. The third-order valence-corrected chi connectivity index (χ3v) is 4.52. The highest BCUT2D eigenvalue weighted by molar-refractivity contribution is 7.13. The molecule has 23 heavy (non-hydrogen) atoms. The maximum Gasteiger partial charge on any atom is 0.236 e. The molecule has 1 unspecified atom stereocenters. The first-order valence-electron chi connectivity index (χ1n) is 7.74. The molecule has 0 saturated carbocycles. The van der Waals surface area contributed by atoms with Crippen LogP contribution in [0, 0.1) is 0 Å².